The van der Waals surface area contributed by atoms with Crippen molar-refractivity contribution < 1.29 is 28.6 Å². The molecule has 128 valence electrons. The van der Waals surface area contributed by atoms with E-state index < -0.39 is 23.7 Å². The maximum Gasteiger partial charge on any atom is 0.350 e. The number of benzene rings is 1. The summed E-state index contributed by atoms with van der Waals surface area (Å²) in [6.07, 6.45) is 1.14. The van der Waals surface area contributed by atoms with Gasteiger partial charge in [0.25, 0.3) is 5.79 Å². The van der Waals surface area contributed by atoms with Crippen LogP contribution in [0, 0.1) is 0 Å². The van der Waals surface area contributed by atoms with Crippen LogP contribution in [-0.2, 0) is 23.8 Å². The van der Waals surface area contributed by atoms with E-state index in [4.69, 9.17) is 25.8 Å². The van der Waals surface area contributed by atoms with Crippen LogP contribution in [0.4, 0.5) is 5.69 Å². The SMILES string of the molecule is CCOC(=O)c1cc(Cl)cc(NC=C2C(=O)OC(C)(C)OC2=O)c1. The van der Waals surface area contributed by atoms with Crippen molar-refractivity contribution in [3.05, 3.63) is 40.6 Å². The van der Waals surface area contributed by atoms with E-state index >= 15 is 0 Å². The van der Waals surface area contributed by atoms with Crippen LogP contribution < -0.4 is 5.32 Å². The standard InChI is InChI=1S/C16H16ClNO6/c1-4-22-13(19)9-5-10(17)7-11(6-9)18-8-12-14(20)23-16(2,3)24-15(12)21/h5-8,18H,4H2,1-3H3. The highest BCUT2D eigenvalue weighted by Gasteiger charge is 2.38. The first kappa shape index (κ1) is 17.8. The van der Waals surface area contributed by atoms with Gasteiger partial charge in [0.15, 0.2) is 5.57 Å². The van der Waals surface area contributed by atoms with Crippen LogP contribution in [0.3, 0.4) is 0 Å². The summed E-state index contributed by atoms with van der Waals surface area (Å²) >= 11 is 5.96. The first-order valence-electron chi connectivity index (χ1n) is 7.13. The highest BCUT2D eigenvalue weighted by molar-refractivity contribution is 6.31. The molecule has 1 N–H and O–H groups in total. The lowest BCUT2D eigenvalue weighted by Crippen LogP contribution is -2.42. The van der Waals surface area contributed by atoms with E-state index in [1.165, 1.54) is 32.0 Å². The zero-order chi connectivity index (χ0) is 17.9. The van der Waals surface area contributed by atoms with Gasteiger partial charge in [0, 0.05) is 30.8 Å². The van der Waals surface area contributed by atoms with Gasteiger partial charge in [0.1, 0.15) is 0 Å². The van der Waals surface area contributed by atoms with Gasteiger partial charge in [-0.2, -0.15) is 0 Å². The molecule has 1 fully saturated rings. The number of nitrogens with one attached hydrogen (secondary N) is 1. The number of cyclic esters (lactones) is 2. The molecule has 0 saturated carbocycles. The minimum atomic E-state index is -1.31. The van der Waals surface area contributed by atoms with Crippen molar-refractivity contribution in [3.63, 3.8) is 0 Å². The van der Waals surface area contributed by atoms with Crippen molar-refractivity contribution >= 4 is 35.2 Å². The fourth-order valence-corrected chi connectivity index (χ4v) is 2.17. The quantitative estimate of drug-likeness (QED) is 0.505. The molecule has 1 aromatic carbocycles. The molecule has 0 amide bonds. The summed E-state index contributed by atoms with van der Waals surface area (Å²) < 4.78 is 14.8. The van der Waals surface area contributed by atoms with E-state index in [-0.39, 0.29) is 22.8 Å². The molecular formula is C16H16ClNO6. The summed E-state index contributed by atoms with van der Waals surface area (Å²) in [6, 6.07) is 4.44. The monoisotopic (exact) mass is 353 g/mol. The van der Waals surface area contributed by atoms with Crippen molar-refractivity contribution in [2.45, 2.75) is 26.6 Å². The third-order valence-electron chi connectivity index (χ3n) is 2.91. The van der Waals surface area contributed by atoms with E-state index in [9.17, 15) is 14.4 Å². The van der Waals surface area contributed by atoms with Gasteiger partial charge in [-0.15, -0.1) is 0 Å². The summed E-state index contributed by atoms with van der Waals surface area (Å²) in [7, 11) is 0. The molecule has 0 bridgehead atoms. The normalized spacial score (nSPS) is 16.1. The maximum atomic E-state index is 11.8. The Hall–Kier alpha value is -2.54. The molecule has 0 atom stereocenters. The number of hydrogen-bond acceptors (Lipinski definition) is 7. The van der Waals surface area contributed by atoms with E-state index in [1.54, 1.807) is 6.92 Å². The average Bonchev–Trinajstić information content (AvgIpc) is 2.44. The zero-order valence-electron chi connectivity index (χ0n) is 13.3. The number of carbonyl (C=O) groups excluding carboxylic acids is 3. The molecule has 24 heavy (non-hydrogen) atoms. The van der Waals surface area contributed by atoms with Gasteiger partial charge in [0.05, 0.1) is 12.2 Å². The minimum absolute atomic E-state index is 0.228. The zero-order valence-corrected chi connectivity index (χ0v) is 14.1. The molecule has 0 aromatic heterocycles. The fourth-order valence-electron chi connectivity index (χ4n) is 1.94. The smallest absolute Gasteiger partial charge is 0.350 e. The predicted molar refractivity (Wildman–Crippen MR) is 85.4 cm³/mol. The summed E-state index contributed by atoms with van der Waals surface area (Å²) in [5.41, 5.74) is 0.329. The predicted octanol–water partition coefficient (Wildman–Crippen LogP) is 2.65. The molecule has 1 aromatic rings. The van der Waals surface area contributed by atoms with Crippen molar-refractivity contribution in [2.75, 3.05) is 11.9 Å². The van der Waals surface area contributed by atoms with Gasteiger partial charge in [-0.05, 0) is 25.1 Å². The van der Waals surface area contributed by atoms with Crippen LogP contribution in [-0.4, -0.2) is 30.3 Å². The van der Waals surface area contributed by atoms with Crippen molar-refractivity contribution in [1.29, 1.82) is 0 Å². The Balaban J connectivity index is 2.21. The van der Waals surface area contributed by atoms with Crippen LogP contribution in [0.15, 0.2) is 30.0 Å². The van der Waals surface area contributed by atoms with E-state index in [0.29, 0.717) is 5.69 Å². The Bertz CT molecular complexity index is 703. The highest BCUT2D eigenvalue weighted by atomic mass is 35.5. The lowest BCUT2D eigenvalue weighted by atomic mass is 10.2. The molecule has 1 aliphatic heterocycles. The minimum Gasteiger partial charge on any atom is -0.462 e. The number of esters is 3. The second-order valence-corrected chi connectivity index (χ2v) is 5.77. The third-order valence-corrected chi connectivity index (χ3v) is 3.13. The van der Waals surface area contributed by atoms with Crippen molar-refractivity contribution in [1.82, 2.24) is 0 Å². The van der Waals surface area contributed by atoms with Crippen LogP contribution in [0.25, 0.3) is 0 Å². The first-order valence-corrected chi connectivity index (χ1v) is 7.51. The number of anilines is 1. The molecule has 0 aliphatic carbocycles. The molecule has 1 aliphatic rings. The third kappa shape index (κ3) is 4.26. The van der Waals surface area contributed by atoms with E-state index in [0.717, 1.165) is 6.20 Å². The van der Waals surface area contributed by atoms with Crippen molar-refractivity contribution in [2.24, 2.45) is 0 Å². The molecule has 0 spiro atoms. The van der Waals surface area contributed by atoms with Gasteiger partial charge in [-0.3, -0.25) is 0 Å². The van der Waals surface area contributed by atoms with Crippen LogP contribution in [0.2, 0.25) is 5.02 Å². The topological polar surface area (TPSA) is 90.9 Å². The fraction of sp³-hybridized carbons (Fsp3) is 0.312. The Morgan fingerprint density at radius 2 is 1.88 bits per heavy atom. The lowest BCUT2D eigenvalue weighted by molar-refractivity contribution is -0.222. The van der Waals surface area contributed by atoms with Gasteiger partial charge in [-0.25, -0.2) is 14.4 Å². The number of halogens is 1. The number of rotatable bonds is 4. The molecule has 0 unspecified atom stereocenters. The molecule has 1 heterocycles. The van der Waals surface area contributed by atoms with Crippen LogP contribution >= 0.6 is 11.6 Å². The Morgan fingerprint density at radius 1 is 1.25 bits per heavy atom. The number of hydrogen-bond donors (Lipinski definition) is 1. The summed E-state index contributed by atoms with van der Waals surface area (Å²) in [5.74, 6) is -3.46. The first-order chi connectivity index (χ1) is 11.2. The van der Waals surface area contributed by atoms with Gasteiger partial charge < -0.3 is 19.5 Å². The number of ether oxygens (including phenoxy) is 3. The van der Waals surface area contributed by atoms with Crippen LogP contribution in [0.1, 0.15) is 31.1 Å². The molecule has 0 radical (unpaired) electrons. The van der Waals surface area contributed by atoms with Crippen molar-refractivity contribution in [3.8, 4) is 0 Å². The second-order valence-electron chi connectivity index (χ2n) is 5.33. The van der Waals surface area contributed by atoms with Gasteiger partial charge in [0.2, 0.25) is 0 Å². The summed E-state index contributed by atoms with van der Waals surface area (Å²) in [4.78, 5) is 35.4. The lowest BCUT2D eigenvalue weighted by Gasteiger charge is -2.29. The highest BCUT2D eigenvalue weighted by Crippen LogP contribution is 2.24. The maximum absolute atomic E-state index is 11.8. The Labute approximate surface area is 143 Å². The largest absolute Gasteiger partial charge is 0.462 e. The van der Waals surface area contributed by atoms with E-state index in [2.05, 4.69) is 5.32 Å². The Morgan fingerprint density at radius 3 is 2.46 bits per heavy atom. The molecule has 7 nitrogen and oxygen atoms in total. The van der Waals surface area contributed by atoms with E-state index in [1.807, 2.05) is 0 Å². The summed E-state index contributed by atoms with van der Waals surface area (Å²) in [6.45, 7) is 4.82. The van der Waals surface area contributed by atoms with Crippen LogP contribution in [0.5, 0.6) is 0 Å². The molecule has 1 saturated heterocycles. The van der Waals surface area contributed by atoms with Gasteiger partial charge >= 0.3 is 17.9 Å². The molecule has 8 heteroatoms. The molecular weight excluding hydrogens is 338 g/mol. The summed E-state index contributed by atoms with van der Waals surface area (Å²) in [5, 5.41) is 3.01. The molecule has 2 rings (SSSR count). The number of carbonyl (C=O) groups is 3. The average molecular weight is 354 g/mol. The van der Waals surface area contributed by atoms with Gasteiger partial charge in [-0.1, -0.05) is 11.6 Å². The Kier molecular flexibility index (Phi) is 5.14. The second kappa shape index (κ2) is 6.92.